The van der Waals surface area contributed by atoms with Crippen molar-refractivity contribution < 1.29 is 9.59 Å². The lowest BCUT2D eigenvalue weighted by Crippen LogP contribution is -2.56. The van der Waals surface area contributed by atoms with Crippen molar-refractivity contribution in [1.29, 1.82) is 0 Å². The molecule has 2 heterocycles. The Morgan fingerprint density at radius 2 is 1.89 bits per heavy atom. The van der Waals surface area contributed by atoms with Crippen molar-refractivity contribution in [1.82, 2.24) is 9.80 Å². The molecule has 3 fully saturated rings. The van der Waals surface area contributed by atoms with Gasteiger partial charge in [0.15, 0.2) is 0 Å². The molecule has 38 heavy (non-hydrogen) atoms. The highest BCUT2D eigenvalue weighted by Crippen LogP contribution is 2.49. The summed E-state index contributed by atoms with van der Waals surface area (Å²) in [7, 11) is 0. The number of nitrogens with zero attached hydrogens (tertiary/aromatic N) is 3. The number of aliphatic imine (C=N–C) groups is 1. The maximum absolute atomic E-state index is 13.5. The number of amides is 2. The first-order valence-electron chi connectivity index (χ1n) is 14.7. The van der Waals surface area contributed by atoms with Gasteiger partial charge in [-0.3, -0.25) is 19.5 Å². The molecule has 2 aliphatic heterocycles. The molecule has 3 unspecified atom stereocenters. The van der Waals surface area contributed by atoms with E-state index in [1.165, 1.54) is 11.1 Å². The van der Waals surface area contributed by atoms with Crippen molar-refractivity contribution in [2.24, 2.45) is 39.8 Å². The van der Waals surface area contributed by atoms with E-state index in [0.29, 0.717) is 42.7 Å². The van der Waals surface area contributed by atoms with Gasteiger partial charge in [0.1, 0.15) is 11.4 Å². The van der Waals surface area contributed by atoms with Gasteiger partial charge in [0.2, 0.25) is 5.91 Å². The standard InChI is InChI=1S/C32H40N4O2/c1-20-13-23(26-6-5-24-14-21(16-33)3-4-25(24)15-26)7-8-27(20)28-34-32(11-12-32)30(38)36(28)19-22-17-35(18-22)29(37)31(2)9-10-31/h3-4,6-8,14,22-25H,5,9-13,15-19,33H2,1-2H3. The first kappa shape index (κ1) is 24.3. The minimum atomic E-state index is -0.502. The van der Waals surface area contributed by atoms with Crippen LogP contribution in [0.5, 0.6) is 0 Å². The van der Waals surface area contributed by atoms with Crippen LogP contribution in [0.3, 0.4) is 0 Å². The second-order valence-corrected chi connectivity index (χ2v) is 13.2. The van der Waals surface area contributed by atoms with E-state index in [1.807, 2.05) is 9.80 Å². The lowest BCUT2D eigenvalue weighted by molar-refractivity contribution is -0.143. The molecular weight excluding hydrogens is 472 g/mol. The number of rotatable bonds is 6. The molecule has 200 valence electrons. The SMILES string of the molecule is CC1=C(C2=NC3(CC3)C(=O)N2CC2CN(C(=O)C3(C)CC3)C2)C=CC(C2=CCC3C=C(CN)C=CC3C2)C1. The lowest BCUT2D eigenvalue weighted by Gasteiger charge is -2.42. The average Bonchev–Trinajstić information content (AvgIpc) is 3.82. The van der Waals surface area contributed by atoms with Crippen molar-refractivity contribution in [3.63, 3.8) is 0 Å². The van der Waals surface area contributed by atoms with Crippen molar-refractivity contribution in [3.8, 4) is 0 Å². The number of hydrogen-bond donors (Lipinski definition) is 1. The van der Waals surface area contributed by atoms with E-state index in [2.05, 4.69) is 50.3 Å². The zero-order valence-electron chi connectivity index (χ0n) is 22.8. The van der Waals surface area contributed by atoms with E-state index in [4.69, 9.17) is 10.7 Å². The van der Waals surface area contributed by atoms with Gasteiger partial charge in [-0.25, -0.2) is 0 Å². The van der Waals surface area contributed by atoms with Gasteiger partial charge >= 0.3 is 0 Å². The number of amidine groups is 1. The molecule has 0 aromatic rings. The second-order valence-electron chi connectivity index (χ2n) is 13.2. The molecular formula is C32H40N4O2. The third-order valence-corrected chi connectivity index (χ3v) is 10.2. The molecule has 1 spiro atoms. The lowest BCUT2D eigenvalue weighted by atomic mass is 9.71. The summed E-state index contributed by atoms with van der Waals surface area (Å²) >= 11 is 0. The molecule has 2 saturated carbocycles. The highest BCUT2D eigenvalue weighted by molar-refractivity contribution is 6.17. The Bertz CT molecular complexity index is 1270. The topological polar surface area (TPSA) is 79.0 Å². The van der Waals surface area contributed by atoms with Crippen LogP contribution in [-0.2, 0) is 9.59 Å². The minimum Gasteiger partial charge on any atom is -0.341 e. The monoisotopic (exact) mass is 512 g/mol. The van der Waals surface area contributed by atoms with Gasteiger partial charge in [-0.2, -0.15) is 0 Å². The van der Waals surface area contributed by atoms with Crippen molar-refractivity contribution in [2.45, 2.75) is 64.3 Å². The maximum Gasteiger partial charge on any atom is 0.256 e. The van der Waals surface area contributed by atoms with Crippen LogP contribution >= 0.6 is 0 Å². The third kappa shape index (κ3) is 3.98. The summed E-state index contributed by atoms with van der Waals surface area (Å²) < 4.78 is 0. The normalized spacial score (nSPS) is 32.7. The van der Waals surface area contributed by atoms with Gasteiger partial charge in [-0.05, 0) is 69.3 Å². The van der Waals surface area contributed by atoms with Crippen LogP contribution in [0, 0.1) is 29.1 Å². The summed E-state index contributed by atoms with van der Waals surface area (Å²) in [4.78, 5) is 35.2. The largest absolute Gasteiger partial charge is 0.341 e. The van der Waals surface area contributed by atoms with Crippen LogP contribution < -0.4 is 5.73 Å². The van der Waals surface area contributed by atoms with Gasteiger partial charge in [0, 0.05) is 49.0 Å². The van der Waals surface area contributed by atoms with Gasteiger partial charge in [0.05, 0.1) is 0 Å². The highest BCUT2D eigenvalue weighted by atomic mass is 16.2. The predicted octanol–water partition coefficient (Wildman–Crippen LogP) is 4.32. The van der Waals surface area contributed by atoms with Crippen LogP contribution in [0.4, 0.5) is 0 Å². The Kier molecular flexibility index (Phi) is 5.53. The number of nitrogens with two attached hydrogens (primary N) is 1. The molecule has 1 saturated heterocycles. The summed E-state index contributed by atoms with van der Waals surface area (Å²) in [5, 5.41) is 0. The van der Waals surface area contributed by atoms with E-state index in [1.54, 1.807) is 5.57 Å². The molecule has 0 radical (unpaired) electrons. The van der Waals surface area contributed by atoms with E-state index < -0.39 is 5.54 Å². The smallest absolute Gasteiger partial charge is 0.256 e. The number of hydrogen-bond acceptors (Lipinski definition) is 4. The van der Waals surface area contributed by atoms with Crippen LogP contribution in [0.1, 0.15) is 58.8 Å². The Hall–Kier alpha value is -2.73. The maximum atomic E-state index is 13.5. The fourth-order valence-corrected chi connectivity index (χ4v) is 7.14. The summed E-state index contributed by atoms with van der Waals surface area (Å²) in [6.07, 6.45) is 20.9. The predicted molar refractivity (Wildman–Crippen MR) is 149 cm³/mol. The van der Waals surface area contributed by atoms with Gasteiger partial charge < -0.3 is 10.6 Å². The third-order valence-electron chi connectivity index (χ3n) is 10.2. The van der Waals surface area contributed by atoms with E-state index >= 15 is 0 Å². The molecule has 0 aromatic carbocycles. The van der Waals surface area contributed by atoms with Crippen LogP contribution in [-0.4, -0.2) is 59.2 Å². The summed E-state index contributed by atoms with van der Waals surface area (Å²) in [6.45, 7) is 7.12. The van der Waals surface area contributed by atoms with Gasteiger partial charge in [0.25, 0.3) is 5.91 Å². The number of allylic oxidation sites excluding steroid dienone is 6. The van der Waals surface area contributed by atoms with Crippen molar-refractivity contribution >= 4 is 17.6 Å². The Balaban J connectivity index is 1.04. The van der Waals surface area contributed by atoms with Gasteiger partial charge in [-0.15, -0.1) is 0 Å². The van der Waals surface area contributed by atoms with Crippen molar-refractivity contribution in [2.75, 3.05) is 26.2 Å². The fraction of sp³-hybridized carbons (Fsp3) is 0.594. The number of carbonyl (C=O) groups excluding carboxylic acids is 2. The van der Waals surface area contributed by atoms with Crippen LogP contribution in [0.25, 0.3) is 0 Å². The zero-order chi connectivity index (χ0) is 26.2. The van der Waals surface area contributed by atoms with Gasteiger partial charge in [-0.1, -0.05) is 54.5 Å². The molecule has 0 bridgehead atoms. The average molecular weight is 513 g/mol. The van der Waals surface area contributed by atoms with Crippen LogP contribution in [0.15, 0.2) is 63.7 Å². The first-order chi connectivity index (χ1) is 18.3. The molecule has 6 nitrogen and oxygen atoms in total. The summed E-state index contributed by atoms with van der Waals surface area (Å²) in [6, 6.07) is 0. The molecule has 7 rings (SSSR count). The minimum absolute atomic E-state index is 0.115. The van der Waals surface area contributed by atoms with E-state index in [0.717, 1.165) is 69.4 Å². The number of carbonyl (C=O) groups is 2. The van der Waals surface area contributed by atoms with Crippen LogP contribution in [0.2, 0.25) is 0 Å². The molecule has 2 N–H and O–H groups in total. The summed E-state index contributed by atoms with van der Waals surface area (Å²) in [5.74, 6) is 3.27. The second kappa shape index (κ2) is 8.64. The zero-order valence-corrected chi connectivity index (χ0v) is 22.8. The fourth-order valence-electron chi connectivity index (χ4n) is 7.14. The summed E-state index contributed by atoms with van der Waals surface area (Å²) in [5.41, 5.74) is 10.5. The Morgan fingerprint density at radius 3 is 2.58 bits per heavy atom. The van der Waals surface area contributed by atoms with Crippen molar-refractivity contribution in [3.05, 3.63) is 58.7 Å². The number of likely N-dealkylation sites (tertiary alicyclic amines) is 1. The quantitative estimate of drug-likeness (QED) is 0.539. The molecule has 2 amide bonds. The molecule has 3 atom stereocenters. The Labute approximate surface area is 226 Å². The van der Waals surface area contributed by atoms with E-state index in [-0.39, 0.29) is 11.3 Å². The molecule has 0 aromatic heterocycles. The number of fused-ring (bicyclic) bond motifs is 1. The highest BCUT2D eigenvalue weighted by Gasteiger charge is 2.58. The van der Waals surface area contributed by atoms with E-state index in [9.17, 15) is 9.59 Å². The first-order valence-corrected chi connectivity index (χ1v) is 14.7. The Morgan fingerprint density at radius 1 is 1.11 bits per heavy atom. The molecule has 5 aliphatic carbocycles. The molecule has 7 aliphatic rings. The molecule has 6 heteroatoms.